The van der Waals surface area contributed by atoms with Crippen molar-refractivity contribution in [2.45, 2.75) is 6.10 Å². The van der Waals surface area contributed by atoms with E-state index >= 15 is 0 Å². The first kappa shape index (κ1) is 14.2. The second kappa shape index (κ2) is 5.40. The molecule has 106 valence electrons. The molecule has 1 aromatic heterocycles. The molecule has 0 amide bonds. The van der Waals surface area contributed by atoms with E-state index in [1.807, 2.05) is 19.0 Å². The molecule has 0 saturated carbocycles. The number of sulfonamides is 1. The molecule has 1 aliphatic rings. The third-order valence-electron chi connectivity index (χ3n) is 2.93. The third kappa shape index (κ3) is 3.20. The first-order valence-corrected chi connectivity index (χ1v) is 7.79. The van der Waals surface area contributed by atoms with Gasteiger partial charge >= 0.3 is 0 Å². The highest BCUT2D eigenvalue weighted by atomic mass is 32.2. The summed E-state index contributed by atoms with van der Waals surface area (Å²) in [5, 5.41) is 0. The van der Waals surface area contributed by atoms with Gasteiger partial charge in [-0.05, 0) is 0 Å². The zero-order valence-electron chi connectivity index (χ0n) is 11.3. The lowest BCUT2D eigenvalue weighted by atomic mass is 10.2. The van der Waals surface area contributed by atoms with Gasteiger partial charge in [0.25, 0.3) is 0 Å². The number of hydrogen-bond donors (Lipinski definition) is 0. The van der Waals surface area contributed by atoms with Gasteiger partial charge in [0, 0.05) is 39.6 Å². The Morgan fingerprint density at radius 3 is 2.68 bits per heavy atom. The van der Waals surface area contributed by atoms with E-state index in [1.165, 1.54) is 10.6 Å². The van der Waals surface area contributed by atoms with Crippen LogP contribution in [0.5, 0.6) is 0 Å². The average Bonchev–Trinajstić information content (AvgIpc) is 2.38. The molecule has 0 bridgehead atoms. The molecule has 0 aliphatic carbocycles. The van der Waals surface area contributed by atoms with Crippen molar-refractivity contribution >= 4 is 15.8 Å². The van der Waals surface area contributed by atoms with Crippen molar-refractivity contribution in [1.82, 2.24) is 14.3 Å². The summed E-state index contributed by atoms with van der Waals surface area (Å²) in [7, 11) is 0.523. The van der Waals surface area contributed by atoms with Crippen LogP contribution < -0.4 is 4.90 Å². The summed E-state index contributed by atoms with van der Waals surface area (Å²) in [6.45, 7) is 1.02. The Bertz CT molecular complexity index is 547. The monoisotopic (exact) mass is 286 g/mol. The molecule has 2 rings (SSSR count). The zero-order valence-corrected chi connectivity index (χ0v) is 12.1. The fraction of sp³-hybridized carbons (Fsp3) is 0.636. The minimum atomic E-state index is -3.21. The summed E-state index contributed by atoms with van der Waals surface area (Å²) >= 11 is 0. The summed E-state index contributed by atoms with van der Waals surface area (Å²) in [6, 6.07) is 0. The number of ether oxygens (including phenoxy) is 1. The molecule has 1 fully saturated rings. The van der Waals surface area contributed by atoms with E-state index in [-0.39, 0.29) is 12.6 Å². The van der Waals surface area contributed by atoms with Gasteiger partial charge in [-0.15, -0.1) is 0 Å². The van der Waals surface area contributed by atoms with Crippen LogP contribution >= 0.6 is 0 Å². The predicted molar refractivity (Wildman–Crippen MR) is 71.5 cm³/mol. The molecule has 0 N–H and O–H groups in total. The number of morpholine rings is 1. The minimum absolute atomic E-state index is 0.276. The van der Waals surface area contributed by atoms with Gasteiger partial charge in [-0.2, -0.15) is 4.31 Å². The quantitative estimate of drug-likeness (QED) is 0.771. The zero-order chi connectivity index (χ0) is 14.0. The van der Waals surface area contributed by atoms with Gasteiger partial charge in [0.1, 0.15) is 11.8 Å². The van der Waals surface area contributed by atoms with Crippen molar-refractivity contribution in [3.8, 4) is 0 Å². The number of rotatable bonds is 3. The SMILES string of the molecule is CN(C)c1nccnc1C1CN(S(C)(=O)=O)CCO1. The van der Waals surface area contributed by atoms with Crippen molar-refractivity contribution in [2.24, 2.45) is 0 Å². The molecule has 1 atom stereocenters. The molecule has 0 spiro atoms. The van der Waals surface area contributed by atoms with E-state index in [4.69, 9.17) is 4.74 Å². The van der Waals surface area contributed by atoms with E-state index in [0.29, 0.717) is 24.7 Å². The molecule has 19 heavy (non-hydrogen) atoms. The maximum absolute atomic E-state index is 11.6. The van der Waals surface area contributed by atoms with Gasteiger partial charge in [0.15, 0.2) is 5.82 Å². The van der Waals surface area contributed by atoms with Crippen LogP contribution in [0.4, 0.5) is 5.82 Å². The van der Waals surface area contributed by atoms with Crippen molar-refractivity contribution in [3.05, 3.63) is 18.1 Å². The van der Waals surface area contributed by atoms with E-state index in [2.05, 4.69) is 9.97 Å². The molecule has 1 aliphatic heterocycles. The standard InChI is InChI=1S/C11H18N4O3S/c1-14(2)11-10(12-4-5-13-11)9-8-15(6-7-18-9)19(3,16)17/h4-5,9H,6-8H2,1-3H3. The highest BCUT2D eigenvalue weighted by Gasteiger charge is 2.30. The lowest BCUT2D eigenvalue weighted by Gasteiger charge is -2.32. The Morgan fingerprint density at radius 1 is 1.37 bits per heavy atom. The van der Waals surface area contributed by atoms with Crippen molar-refractivity contribution in [1.29, 1.82) is 0 Å². The first-order valence-electron chi connectivity index (χ1n) is 5.94. The fourth-order valence-electron chi connectivity index (χ4n) is 2.01. The van der Waals surface area contributed by atoms with Crippen LogP contribution in [-0.4, -0.2) is 62.7 Å². The molecule has 1 unspecified atom stereocenters. The molecule has 7 nitrogen and oxygen atoms in total. The minimum Gasteiger partial charge on any atom is -0.369 e. The molecule has 2 heterocycles. The Balaban J connectivity index is 2.27. The summed E-state index contributed by atoms with van der Waals surface area (Å²) < 4.78 is 30.3. The van der Waals surface area contributed by atoms with Crippen LogP contribution in [-0.2, 0) is 14.8 Å². The largest absolute Gasteiger partial charge is 0.369 e. The number of nitrogens with zero attached hydrogens (tertiary/aromatic N) is 4. The van der Waals surface area contributed by atoms with Crippen molar-refractivity contribution < 1.29 is 13.2 Å². The summed E-state index contributed by atoms with van der Waals surface area (Å²) in [4.78, 5) is 10.4. The van der Waals surface area contributed by atoms with Gasteiger partial charge in [-0.25, -0.2) is 13.4 Å². The van der Waals surface area contributed by atoms with Gasteiger partial charge in [0.05, 0.1) is 12.9 Å². The van der Waals surface area contributed by atoms with Crippen LogP contribution in [0.15, 0.2) is 12.4 Å². The molecule has 0 aromatic carbocycles. The highest BCUT2D eigenvalue weighted by molar-refractivity contribution is 7.88. The number of anilines is 1. The molecular weight excluding hydrogens is 268 g/mol. The number of aromatic nitrogens is 2. The first-order chi connectivity index (χ1) is 8.89. The highest BCUT2D eigenvalue weighted by Crippen LogP contribution is 2.27. The fourth-order valence-corrected chi connectivity index (χ4v) is 2.82. The summed E-state index contributed by atoms with van der Waals surface area (Å²) in [6.07, 6.45) is 4.02. The van der Waals surface area contributed by atoms with E-state index in [9.17, 15) is 8.42 Å². The van der Waals surface area contributed by atoms with Crippen LogP contribution in [0.1, 0.15) is 11.8 Å². The Labute approximate surface area is 113 Å². The van der Waals surface area contributed by atoms with E-state index < -0.39 is 10.0 Å². The smallest absolute Gasteiger partial charge is 0.211 e. The van der Waals surface area contributed by atoms with Crippen LogP contribution in [0.2, 0.25) is 0 Å². The Morgan fingerprint density at radius 2 is 2.05 bits per heavy atom. The average molecular weight is 286 g/mol. The lowest BCUT2D eigenvalue weighted by Crippen LogP contribution is -2.42. The molecule has 1 saturated heterocycles. The molecule has 8 heteroatoms. The van der Waals surface area contributed by atoms with Crippen LogP contribution in [0.3, 0.4) is 0 Å². The normalized spacial score (nSPS) is 21.3. The third-order valence-corrected chi connectivity index (χ3v) is 4.20. The summed E-state index contributed by atoms with van der Waals surface area (Å²) in [5.74, 6) is 0.697. The predicted octanol–water partition coefficient (Wildman–Crippen LogP) is -0.124. The van der Waals surface area contributed by atoms with Crippen molar-refractivity contribution in [2.75, 3.05) is 44.9 Å². The van der Waals surface area contributed by atoms with Gasteiger partial charge in [-0.1, -0.05) is 0 Å². The Kier molecular flexibility index (Phi) is 4.02. The second-order valence-electron chi connectivity index (χ2n) is 4.64. The second-order valence-corrected chi connectivity index (χ2v) is 6.62. The molecular formula is C11H18N4O3S. The van der Waals surface area contributed by atoms with Crippen LogP contribution in [0.25, 0.3) is 0 Å². The van der Waals surface area contributed by atoms with Crippen molar-refractivity contribution in [3.63, 3.8) is 0 Å². The number of hydrogen-bond acceptors (Lipinski definition) is 6. The van der Waals surface area contributed by atoms with E-state index in [0.717, 1.165) is 0 Å². The maximum Gasteiger partial charge on any atom is 0.211 e. The van der Waals surface area contributed by atoms with Gasteiger partial charge < -0.3 is 9.64 Å². The molecule has 1 aromatic rings. The van der Waals surface area contributed by atoms with E-state index in [1.54, 1.807) is 12.4 Å². The van der Waals surface area contributed by atoms with Gasteiger partial charge in [-0.3, -0.25) is 4.98 Å². The van der Waals surface area contributed by atoms with Crippen LogP contribution in [0, 0.1) is 0 Å². The lowest BCUT2D eigenvalue weighted by molar-refractivity contribution is -0.00460. The van der Waals surface area contributed by atoms with Gasteiger partial charge in [0.2, 0.25) is 10.0 Å². The summed E-state index contributed by atoms with van der Waals surface area (Å²) in [5.41, 5.74) is 0.667. The maximum atomic E-state index is 11.6. The Hall–Kier alpha value is -1.25. The molecule has 0 radical (unpaired) electrons. The topological polar surface area (TPSA) is 75.6 Å².